The van der Waals surface area contributed by atoms with E-state index in [1.807, 2.05) is 10.7 Å². The summed E-state index contributed by atoms with van der Waals surface area (Å²) in [5, 5.41) is 7.52. The van der Waals surface area contributed by atoms with E-state index in [9.17, 15) is 0 Å². The molecule has 1 aliphatic rings. The minimum atomic E-state index is 0.501. The quantitative estimate of drug-likeness (QED) is 0.634. The van der Waals surface area contributed by atoms with Gasteiger partial charge in [0.05, 0.1) is 12.2 Å². The summed E-state index contributed by atoms with van der Waals surface area (Å²) in [5.41, 5.74) is 5.75. The molecule has 0 saturated carbocycles. The predicted molar refractivity (Wildman–Crippen MR) is 47.8 cm³/mol. The first kappa shape index (κ1) is 7.61. The van der Waals surface area contributed by atoms with E-state index in [1.165, 1.54) is 0 Å². The van der Waals surface area contributed by atoms with E-state index >= 15 is 0 Å². The standard InChI is InChI=1S/C8H14N4/c9-8-3-6-11-12(8)7-1-4-10-5-2-7/h3,6-7,10H,1-2,4-5,9H2. The molecule has 1 fully saturated rings. The molecule has 1 aliphatic heterocycles. The zero-order valence-corrected chi connectivity index (χ0v) is 7.03. The molecule has 0 atom stereocenters. The van der Waals surface area contributed by atoms with Gasteiger partial charge in [0.25, 0.3) is 0 Å². The Labute approximate surface area is 71.7 Å². The normalized spacial score (nSPS) is 19.7. The lowest BCUT2D eigenvalue weighted by Crippen LogP contribution is -2.30. The fourth-order valence-electron chi connectivity index (χ4n) is 1.68. The van der Waals surface area contributed by atoms with Crippen molar-refractivity contribution in [1.29, 1.82) is 0 Å². The highest BCUT2D eigenvalue weighted by Crippen LogP contribution is 2.19. The second-order valence-corrected chi connectivity index (χ2v) is 3.18. The van der Waals surface area contributed by atoms with Crippen LogP contribution in [0.3, 0.4) is 0 Å². The Morgan fingerprint density at radius 3 is 2.83 bits per heavy atom. The predicted octanol–water partition coefficient (Wildman–Crippen LogP) is 0.390. The zero-order chi connectivity index (χ0) is 8.39. The minimum Gasteiger partial charge on any atom is -0.384 e. The van der Waals surface area contributed by atoms with E-state index in [1.54, 1.807) is 6.20 Å². The molecule has 0 radical (unpaired) electrons. The number of nitrogens with two attached hydrogens (primary N) is 1. The lowest BCUT2D eigenvalue weighted by Gasteiger charge is -2.23. The third-order valence-corrected chi connectivity index (χ3v) is 2.36. The van der Waals surface area contributed by atoms with Crippen molar-refractivity contribution in [3.05, 3.63) is 12.3 Å². The third-order valence-electron chi connectivity index (χ3n) is 2.36. The first-order valence-corrected chi connectivity index (χ1v) is 4.37. The first-order chi connectivity index (χ1) is 5.88. The molecule has 1 aromatic heterocycles. The highest BCUT2D eigenvalue weighted by molar-refractivity contribution is 5.26. The van der Waals surface area contributed by atoms with Crippen LogP contribution >= 0.6 is 0 Å². The molecule has 2 rings (SSSR count). The number of anilines is 1. The molecule has 4 heteroatoms. The van der Waals surface area contributed by atoms with Gasteiger partial charge in [0.15, 0.2) is 0 Å². The number of nitrogens with one attached hydrogen (secondary N) is 1. The van der Waals surface area contributed by atoms with Crippen molar-refractivity contribution in [1.82, 2.24) is 15.1 Å². The van der Waals surface area contributed by atoms with Crippen molar-refractivity contribution in [2.75, 3.05) is 18.8 Å². The van der Waals surface area contributed by atoms with E-state index in [4.69, 9.17) is 5.73 Å². The molecule has 0 spiro atoms. The van der Waals surface area contributed by atoms with Crippen molar-refractivity contribution in [2.45, 2.75) is 18.9 Å². The van der Waals surface area contributed by atoms with Gasteiger partial charge in [-0.3, -0.25) is 0 Å². The van der Waals surface area contributed by atoms with Crippen LogP contribution in [0.2, 0.25) is 0 Å². The highest BCUT2D eigenvalue weighted by Gasteiger charge is 2.16. The van der Waals surface area contributed by atoms with Gasteiger partial charge in [0, 0.05) is 0 Å². The van der Waals surface area contributed by atoms with Gasteiger partial charge in [0.1, 0.15) is 5.82 Å². The Kier molecular flexibility index (Phi) is 1.99. The summed E-state index contributed by atoms with van der Waals surface area (Å²) in [5.74, 6) is 0.780. The van der Waals surface area contributed by atoms with Gasteiger partial charge in [-0.25, -0.2) is 4.68 Å². The molecule has 3 N–H and O–H groups in total. The van der Waals surface area contributed by atoms with Crippen molar-refractivity contribution >= 4 is 5.82 Å². The summed E-state index contributed by atoms with van der Waals surface area (Å²) < 4.78 is 1.93. The van der Waals surface area contributed by atoms with Crippen LogP contribution in [0, 0.1) is 0 Å². The van der Waals surface area contributed by atoms with E-state index in [2.05, 4.69) is 10.4 Å². The molecule has 0 aliphatic carbocycles. The molecule has 1 aromatic rings. The lowest BCUT2D eigenvalue weighted by molar-refractivity contribution is 0.347. The maximum absolute atomic E-state index is 5.75. The molecule has 0 aromatic carbocycles. The van der Waals surface area contributed by atoms with Crippen LogP contribution in [0.25, 0.3) is 0 Å². The second kappa shape index (κ2) is 3.15. The Bertz CT molecular complexity index is 249. The average molecular weight is 166 g/mol. The molecule has 2 heterocycles. The van der Waals surface area contributed by atoms with Crippen LogP contribution in [0.4, 0.5) is 5.82 Å². The number of nitrogens with zero attached hydrogens (tertiary/aromatic N) is 2. The van der Waals surface area contributed by atoms with Gasteiger partial charge < -0.3 is 11.1 Å². The molecule has 4 nitrogen and oxygen atoms in total. The van der Waals surface area contributed by atoms with E-state index in [0.29, 0.717) is 6.04 Å². The minimum absolute atomic E-state index is 0.501. The van der Waals surface area contributed by atoms with Crippen LogP contribution in [0.5, 0.6) is 0 Å². The molecular formula is C8H14N4. The summed E-state index contributed by atoms with van der Waals surface area (Å²) in [6.07, 6.45) is 4.02. The molecule has 12 heavy (non-hydrogen) atoms. The van der Waals surface area contributed by atoms with Crippen molar-refractivity contribution in [3.8, 4) is 0 Å². The topological polar surface area (TPSA) is 55.9 Å². The number of hydrogen-bond acceptors (Lipinski definition) is 3. The van der Waals surface area contributed by atoms with Crippen molar-refractivity contribution in [3.63, 3.8) is 0 Å². The van der Waals surface area contributed by atoms with Gasteiger partial charge >= 0.3 is 0 Å². The Hall–Kier alpha value is -1.03. The summed E-state index contributed by atoms with van der Waals surface area (Å²) >= 11 is 0. The van der Waals surface area contributed by atoms with E-state index in [0.717, 1.165) is 31.7 Å². The van der Waals surface area contributed by atoms with Crippen LogP contribution in [-0.4, -0.2) is 22.9 Å². The van der Waals surface area contributed by atoms with Gasteiger partial charge in [-0.15, -0.1) is 0 Å². The van der Waals surface area contributed by atoms with Crippen LogP contribution < -0.4 is 11.1 Å². The number of piperidine rings is 1. The van der Waals surface area contributed by atoms with Gasteiger partial charge in [0.2, 0.25) is 0 Å². The molecular weight excluding hydrogens is 152 g/mol. The second-order valence-electron chi connectivity index (χ2n) is 3.18. The Balaban J connectivity index is 2.13. The number of nitrogen functional groups attached to an aromatic ring is 1. The van der Waals surface area contributed by atoms with Gasteiger partial charge in [-0.1, -0.05) is 0 Å². The first-order valence-electron chi connectivity index (χ1n) is 4.37. The van der Waals surface area contributed by atoms with Crippen molar-refractivity contribution in [2.24, 2.45) is 0 Å². The molecule has 0 bridgehead atoms. The molecule has 66 valence electrons. The smallest absolute Gasteiger partial charge is 0.121 e. The summed E-state index contributed by atoms with van der Waals surface area (Å²) in [6.45, 7) is 2.15. The largest absolute Gasteiger partial charge is 0.384 e. The zero-order valence-electron chi connectivity index (χ0n) is 7.03. The number of aromatic nitrogens is 2. The Morgan fingerprint density at radius 2 is 2.25 bits per heavy atom. The lowest BCUT2D eigenvalue weighted by atomic mass is 10.1. The van der Waals surface area contributed by atoms with Crippen LogP contribution in [-0.2, 0) is 0 Å². The number of rotatable bonds is 1. The van der Waals surface area contributed by atoms with Gasteiger partial charge in [-0.05, 0) is 32.0 Å². The highest BCUT2D eigenvalue weighted by atomic mass is 15.3. The van der Waals surface area contributed by atoms with Gasteiger partial charge in [-0.2, -0.15) is 5.10 Å². The van der Waals surface area contributed by atoms with Crippen LogP contribution in [0.15, 0.2) is 12.3 Å². The molecule has 0 unspecified atom stereocenters. The fourth-order valence-corrected chi connectivity index (χ4v) is 1.68. The summed E-state index contributed by atoms with van der Waals surface area (Å²) in [6, 6.07) is 2.35. The monoisotopic (exact) mass is 166 g/mol. The molecule has 1 saturated heterocycles. The van der Waals surface area contributed by atoms with Crippen molar-refractivity contribution < 1.29 is 0 Å². The summed E-state index contributed by atoms with van der Waals surface area (Å²) in [4.78, 5) is 0. The fraction of sp³-hybridized carbons (Fsp3) is 0.625. The average Bonchev–Trinajstić information content (AvgIpc) is 2.53. The SMILES string of the molecule is Nc1ccnn1C1CCNCC1. The van der Waals surface area contributed by atoms with E-state index < -0.39 is 0 Å². The van der Waals surface area contributed by atoms with E-state index in [-0.39, 0.29) is 0 Å². The third kappa shape index (κ3) is 1.30. The van der Waals surface area contributed by atoms with Crippen LogP contribution in [0.1, 0.15) is 18.9 Å². The Morgan fingerprint density at radius 1 is 1.50 bits per heavy atom. The maximum atomic E-state index is 5.75. The number of hydrogen-bond donors (Lipinski definition) is 2. The molecule has 0 amide bonds. The summed E-state index contributed by atoms with van der Waals surface area (Å²) in [7, 11) is 0. The maximum Gasteiger partial charge on any atom is 0.121 e.